The topological polar surface area (TPSA) is 58.4 Å². The van der Waals surface area contributed by atoms with Gasteiger partial charge in [-0.1, -0.05) is 6.08 Å². The second-order valence-corrected chi connectivity index (χ2v) is 3.49. The Morgan fingerprint density at radius 3 is 3.00 bits per heavy atom. The van der Waals surface area contributed by atoms with E-state index in [9.17, 15) is 4.79 Å². The number of carbonyl (C=O) groups is 1. The van der Waals surface area contributed by atoms with Crippen LogP contribution in [0.5, 0.6) is 0 Å². The lowest BCUT2D eigenvalue weighted by Crippen LogP contribution is -2.26. The average Bonchev–Trinajstić information content (AvgIpc) is 2.64. The van der Waals surface area contributed by atoms with Gasteiger partial charge in [-0.25, -0.2) is 0 Å². The maximum atomic E-state index is 11.1. The van der Waals surface area contributed by atoms with E-state index in [2.05, 4.69) is 5.32 Å². The SMILES string of the molecule is NC(=O)C1=CC2=CNC3=CC=CC(=C1)N23. The van der Waals surface area contributed by atoms with Gasteiger partial charge < -0.3 is 11.1 Å². The summed E-state index contributed by atoms with van der Waals surface area (Å²) in [7, 11) is 0. The van der Waals surface area contributed by atoms with Crippen molar-refractivity contribution in [1.82, 2.24) is 10.2 Å². The molecular formula is C11H9N3O. The van der Waals surface area contributed by atoms with E-state index in [1.54, 1.807) is 12.2 Å². The van der Waals surface area contributed by atoms with E-state index in [-0.39, 0.29) is 0 Å². The Balaban J connectivity index is 2.14. The Bertz CT molecular complexity index is 506. The molecule has 0 unspecified atom stereocenters. The highest BCUT2D eigenvalue weighted by Crippen LogP contribution is 2.32. The Hall–Kier alpha value is -2.23. The Labute approximate surface area is 86.7 Å². The Morgan fingerprint density at radius 1 is 1.33 bits per heavy atom. The first-order chi connectivity index (χ1) is 7.25. The summed E-state index contributed by atoms with van der Waals surface area (Å²) in [6, 6.07) is 0. The van der Waals surface area contributed by atoms with Gasteiger partial charge in [-0.2, -0.15) is 0 Å². The van der Waals surface area contributed by atoms with Crippen molar-refractivity contribution >= 4 is 5.91 Å². The molecule has 4 nitrogen and oxygen atoms in total. The Kier molecular flexibility index (Phi) is 1.42. The zero-order valence-electron chi connectivity index (χ0n) is 7.90. The van der Waals surface area contributed by atoms with E-state index in [1.165, 1.54) is 0 Å². The van der Waals surface area contributed by atoms with Crippen molar-refractivity contribution in [2.75, 3.05) is 0 Å². The summed E-state index contributed by atoms with van der Waals surface area (Å²) >= 11 is 0. The lowest BCUT2D eigenvalue weighted by molar-refractivity contribution is -0.114. The van der Waals surface area contributed by atoms with Crippen LogP contribution in [0.1, 0.15) is 0 Å². The fourth-order valence-corrected chi connectivity index (χ4v) is 1.86. The number of carbonyl (C=O) groups excluding carboxylic acids is 1. The van der Waals surface area contributed by atoms with Crippen LogP contribution in [0.4, 0.5) is 0 Å². The molecule has 0 saturated carbocycles. The molecular weight excluding hydrogens is 190 g/mol. The first kappa shape index (κ1) is 8.11. The molecule has 3 aliphatic rings. The minimum absolute atomic E-state index is 0.403. The van der Waals surface area contributed by atoms with Gasteiger partial charge in [-0.15, -0.1) is 0 Å². The standard InChI is InChI=1S/C11H9N3O/c12-11(15)7-4-8-2-1-3-10-13-6-9(5-7)14(8)10/h1-6,13H,(H2,12,15). The molecule has 0 radical (unpaired) electrons. The molecule has 0 aromatic heterocycles. The number of nitrogens with zero attached hydrogens (tertiary/aromatic N) is 1. The lowest BCUT2D eigenvalue weighted by atomic mass is 10.1. The molecule has 0 aromatic rings. The van der Waals surface area contributed by atoms with Crippen molar-refractivity contribution < 1.29 is 4.79 Å². The minimum atomic E-state index is -0.403. The smallest absolute Gasteiger partial charge is 0.248 e. The van der Waals surface area contributed by atoms with Crippen LogP contribution < -0.4 is 11.1 Å². The highest BCUT2D eigenvalue weighted by Gasteiger charge is 2.27. The summed E-state index contributed by atoms with van der Waals surface area (Å²) in [5.41, 5.74) is 7.69. The zero-order chi connectivity index (χ0) is 10.4. The highest BCUT2D eigenvalue weighted by molar-refractivity contribution is 5.96. The van der Waals surface area contributed by atoms with Crippen LogP contribution in [0.15, 0.2) is 59.4 Å². The molecule has 3 heterocycles. The van der Waals surface area contributed by atoms with Gasteiger partial charge in [0.15, 0.2) is 0 Å². The molecule has 0 bridgehead atoms. The van der Waals surface area contributed by atoms with Gasteiger partial charge in [0, 0.05) is 17.5 Å². The average molecular weight is 199 g/mol. The molecule has 74 valence electrons. The molecule has 15 heavy (non-hydrogen) atoms. The predicted molar refractivity (Wildman–Crippen MR) is 55.6 cm³/mol. The van der Waals surface area contributed by atoms with Crippen LogP contribution in [-0.4, -0.2) is 10.8 Å². The van der Waals surface area contributed by atoms with E-state index in [0.29, 0.717) is 5.57 Å². The third-order valence-electron chi connectivity index (χ3n) is 2.54. The van der Waals surface area contributed by atoms with Crippen molar-refractivity contribution in [2.45, 2.75) is 0 Å². The van der Waals surface area contributed by atoms with Crippen LogP contribution in [-0.2, 0) is 4.79 Å². The minimum Gasteiger partial charge on any atom is -0.366 e. The number of hydrogen-bond acceptors (Lipinski definition) is 3. The molecule has 0 aliphatic carbocycles. The Morgan fingerprint density at radius 2 is 2.20 bits per heavy atom. The zero-order valence-corrected chi connectivity index (χ0v) is 7.90. The molecule has 0 aromatic carbocycles. The summed E-state index contributed by atoms with van der Waals surface area (Å²) in [6.07, 6.45) is 11.3. The first-order valence-electron chi connectivity index (χ1n) is 4.64. The second-order valence-electron chi connectivity index (χ2n) is 3.49. The summed E-state index contributed by atoms with van der Waals surface area (Å²) in [5.74, 6) is 0.595. The lowest BCUT2D eigenvalue weighted by Gasteiger charge is -2.28. The third-order valence-corrected chi connectivity index (χ3v) is 2.54. The summed E-state index contributed by atoms with van der Waals surface area (Å²) in [6.45, 7) is 0. The molecule has 0 spiro atoms. The maximum absolute atomic E-state index is 11.1. The van der Waals surface area contributed by atoms with E-state index < -0.39 is 5.91 Å². The summed E-state index contributed by atoms with van der Waals surface area (Å²) in [4.78, 5) is 13.1. The van der Waals surface area contributed by atoms with E-state index in [4.69, 9.17) is 5.73 Å². The molecule has 0 fully saturated rings. The van der Waals surface area contributed by atoms with Crippen LogP contribution in [0, 0.1) is 0 Å². The van der Waals surface area contributed by atoms with Crippen molar-refractivity contribution in [3.8, 4) is 0 Å². The van der Waals surface area contributed by atoms with Crippen LogP contribution in [0.2, 0.25) is 0 Å². The van der Waals surface area contributed by atoms with E-state index in [1.807, 2.05) is 29.3 Å². The summed E-state index contributed by atoms with van der Waals surface area (Å²) < 4.78 is 0. The van der Waals surface area contributed by atoms with Gasteiger partial charge in [-0.05, 0) is 24.3 Å². The van der Waals surface area contributed by atoms with Crippen molar-refractivity contribution in [3.63, 3.8) is 0 Å². The van der Waals surface area contributed by atoms with Crippen LogP contribution in [0.25, 0.3) is 0 Å². The maximum Gasteiger partial charge on any atom is 0.248 e. The largest absolute Gasteiger partial charge is 0.366 e. The number of nitrogens with one attached hydrogen (secondary N) is 1. The van der Waals surface area contributed by atoms with Gasteiger partial charge in [0.25, 0.3) is 0 Å². The van der Waals surface area contributed by atoms with E-state index >= 15 is 0 Å². The fraction of sp³-hybridized carbons (Fsp3) is 0. The predicted octanol–water partition coefficient (Wildman–Crippen LogP) is 0.453. The fourth-order valence-electron chi connectivity index (χ4n) is 1.86. The molecule has 3 aliphatic heterocycles. The number of rotatable bonds is 1. The third kappa shape index (κ3) is 1.05. The molecule has 0 atom stereocenters. The molecule has 3 rings (SSSR count). The van der Waals surface area contributed by atoms with E-state index in [0.717, 1.165) is 17.2 Å². The number of hydrogen-bond donors (Lipinski definition) is 2. The molecule has 4 heteroatoms. The normalized spacial score (nSPS) is 20.9. The first-order valence-corrected chi connectivity index (χ1v) is 4.64. The number of primary amides is 1. The van der Waals surface area contributed by atoms with Crippen LogP contribution >= 0.6 is 0 Å². The monoisotopic (exact) mass is 199 g/mol. The second kappa shape index (κ2) is 2.63. The van der Waals surface area contributed by atoms with Crippen molar-refractivity contribution in [3.05, 3.63) is 59.4 Å². The number of allylic oxidation sites excluding steroid dienone is 4. The van der Waals surface area contributed by atoms with Gasteiger partial charge in [0.1, 0.15) is 5.82 Å². The van der Waals surface area contributed by atoms with Crippen LogP contribution in [0.3, 0.4) is 0 Å². The molecule has 3 N–H and O–H groups in total. The number of nitrogens with two attached hydrogens (primary N) is 1. The highest BCUT2D eigenvalue weighted by atomic mass is 16.1. The van der Waals surface area contributed by atoms with Crippen molar-refractivity contribution in [1.29, 1.82) is 0 Å². The quantitative estimate of drug-likeness (QED) is 0.644. The van der Waals surface area contributed by atoms with Gasteiger partial charge in [0.2, 0.25) is 5.91 Å². The molecule has 1 amide bonds. The summed E-state index contributed by atoms with van der Waals surface area (Å²) in [5, 5.41) is 3.13. The number of amides is 1. The van der Waals surface area contributed by atoms with Gasteiger partial charge in [0.05, 0.1) is 5.70 Å². The molecule has 0 saturated heterocycles. The van der Waals surface area contributed by atoms with Gasteiger partial charge >= 0.3 is 0 Å². The van der Waals surface area contributed by atoms with Crippen molar-refractivity contribution in [2.24, 2.45) is 5.73 Å². The van der Waals surface area contributed by atoms with Gasteiger partial charge in [-0.3, -0.25) is 9.69 Å².